The minimum absolute atomic E-state index is 0.0362. The molecule has 2 rings (SSSR count). The Bertz CT molecular complexity index is 798. The Balaban J connectivity index is 1.97. The second kappa shape index (κ2) is 9.31. The topological polar surface area (TPSA) is 66.0 Å². The normalized spacial score (nSPS) is 19.0. The highest BCUT2D eigenvalue weighted by molar-refractivity contribution is 6.62. The molecule has 1 heterocycles. The molecule has 0 saturated carbocycles. The lowest BCUT2D eigenvalue weighted by Crippen LogP contribution is -2.46. The van der Waals surface area contributed by atoms with Gasteiger partial charge in [0, 0.05) is 10.9 Å². The summed E-state index contributed by atoms with van der Waals surface area (Å²) in [5.41, 5.74) is -0.612. The molecule has 0 bridgehead atoms. The number of nitrogens with one attached hydrogen (secondary N) is 1. The van der Waals surface area contributed by atoms with Crippen molar-refractivity contribution in [2.24, 2.45) is 10.8 Å². The van der Waals surface area contributed by atoms with Gasteiger partial charge in [0.1, 0.15) is 18.7 Å². The molecule has 1 aliphatic rings. The van der Waals surface area contributed by atoms with Crippen LogP contribution in [0.1, 0.15) is 74.8 Å². The van der Waals surface area contributed by atoms with Crippen molar-refractivity contribution in [1.29, 1.82) is 0 Å². The van der Waals surface area contributed by atoms with E-state index in [1.54, 1.807) is 12.1 Å². The van der Waals surface area contributed by atoms with Gasteiger partial charge in [0.15, 0.2) is 0 Å². The Morgan fingerprint density at radius 3 is 2.12 bits per heavy atom. The van der Waals surface area contributed by atoms with Crippen LogP contribution < -0.4 is 10.8 Å². The molecule has 1 N–H and O–H groups in total. The van der Waals surface area contributed by atoms with E-state index in [1.165, 1.54) is 6.07 Å². The summed E-state index contributed by atoms with van der Waals surface area (Å²) in [6.07, 6.45) is -1.13. The van der Waals surface area contributed by atoms with Crippen LogP contribution in [-0.4, -0.2) is 37.2 Å². The lowest BCUT2D eigenvalue weighted by molar-refractivity contribution is -0.0639. The van der Waals surface area contributed by atoms with Gasteiger partial charge in [-0.25, -0.2) is 9.18 Å². The summed E-state index contributed by atoms with van der Waals surface area (Å²) in [5, 5.41) is 2.77. The van der Waals surface area contributed by atoms with Crippen molar-refractivity contribution in [3.8, 4) is 0 Å². The Hall–Kier alpha value is -1.64. The molecule has 6 nitrogen and oxygen atoms in total. The molecule has 1 aromatic carbocycles. The minimum Gasteiger partial charge on any atom is -0.445 e. The molecule has 180 valence electrons. The van der Waals surface area contributed by atoms with E-state index < -0.39 is 36.5 Å². The number of hydrogen-bond donors (Lipinski definition) is 1. The molecule has 1 unspecified atom stereocenters. The standard InChI is InChI=1S/C24H39BFNO5/c1-21(2,3)15-30-19(22(4,5)6)27-20(28)29-14-16-11-12-17(18(26)13-16)25-31-23(7,8)24(9,10)32-25/h11-13,19H,14-15H2,1-10H3,(H,27,28). The fourth-order valence-corrected chi connectivity index (χ4v) is 2.96. The molecule has 0 spiro atoms. The first kappa shape index (κ1) is 26.6. The average molecular weight is 451 g/mol. The maximum Gasteiger partial charge on any atom is 0.497 e. The van der Waals surface area contributed by atoms with E-state index >= 15 is 0 Å². The van der Waals surface area contributed by atoms with Gasteiger partial charge in [-0.2, -0.15) is 0 Å². The number of carbonyl (C=O) groups excluding carboxylic acids is 1. The first-order chi connectivity index (χ1) is 14.4. The highest BCUT2D eigenvalue weighted by atomic mass is 19.1. The van der Waals surface area contributed by atoms with E-state index in [0.717, 1.165) is 0 Å². The van der Waals surface area contributed by atoms with Gasteiger partial charge in [0.05, 0.1) is 17.8 Å². The number of benzene rings is 1. The summed E-state index contributed by atoms with van der Waals surface area (Å²) in [7, 11) is -0.786. The van der Waals surface area contributed by atoms with Crippen LogP contribution in [0.5, 0.6) is 0 Å². The minimum atomic E-state index is -0.786. The summed E-state index contributed by atoms with van der Waals surface area (Å²) >= 11 is 0. The molecule has 1 saturated heterocycles. The fraction of sp³-hybridized carbons (Fsp3) is 0.708. The monoisotopic (exact) mass is 451 g/mol. The first-order valence-corrected chi connectivity index (χ1v) is 11.1. The van der Waals surface area contributed by atoms with Gasteiger partial charge < -0.3 is 18.8 Å². The predicted octanol–water partition coefficient (Wildman–Crippen LogP) is 4.79. The zero-order chi connectivity index (χ0) is 24.5. The number of alkyl carbamates (subject to hydrolysis) is 1. The number of rotatable bonds is 6. The van der Waals surface area contributed by atoms with Gasteiger partial charge in [-0.15, -0.1) is 0 Å². The summed E-state index contributed by atoms with van der Waals surface area (Å²) in [4.78, 5) is 12.4. The summed E-state index contributed by atoms with van der Waals surface area (Å²) in [6, 6.07) is 4.65. The lowest BCUT2D eigenvalue weighted by atomic mass is 9.78. The Kier molecular flexibility index (Phi) is 7.75. The Labute approximate surface area is 192 Å². The molecule has 1 amide bonds. The van der Waals surface area contributed by atoms with Crippen LogP contribution in [0.2, 0.25) is 0 Å². The molecule has 8 heteroatoms. The molecule has 32 heavy (non-hydrogen) atoms. The van der Waals surface area contributed by atoms with Crippen molar-refractivity contribution < 1.29 is 28.0 Å². The molecular weight excluding hydrogens is 412 g/mol. The molecule has 1 atom stereocenters. The number of hydrogen-bond acceptors (Lipinski definition) is 5. The molecule has 0 radical (unpaired) electrons. The van der Waals surface area contributed by atoms with E-state index in [2.05, 4.69) is 26.1 Å². The number of ether oxygens (including phenoxy) is 2. The van der Waals surface area contributed by atoms with Crippen LogP contribution in [-0.2, 0) is 25.4 Å². The van der Waals surface area contributed by atoms with Crippen LogP contribution >= 0.6 is 0 Å². The lowest BCUT2D eigenvalue weighted by Gasteiger charge is -2.33. The van der Waals surface area contributed by atoms with Crippen molar-refractivity contribution in [3.63, 3.8) is 0 Å². The van der Waals surface area contributed by atoms with Gasteiger partial charge >= 0.3 is 13.2 Å². The van der Waals surface area contributed by atoms with Crippen molar-refractivity contribution in [2.45, 2.75) is 93.3 Å². The summed E-state index contributed by atoms with van der Waals surface area (Å²) in [5.74, 6) is -0.467. The maximum absolute atomic E-state index is 14.8. The summed E-state index contributed by atoms with van der Waals surface area (Å²) < 4.78 is 37.8. The maximum atomic E-state index is 14.8. The highest BCUT2D eigenvalue weighted by Gasteiger charge is 2.52. The van der Waals surface area contributed by atoms with Crippen molar-refractivity contribution in [2.75, 3.05) is 6.61 Å². The van der Waals surface area contributed by atoms with Gasteiger partial charge in [-0.05, 0) is 44.7 Å². The zero-order valence-corrected chi connectivity index (χ0v) is 21.2. The third-order valence-electron chi connectivity index (χ3n) is 5.66. The third-order valence-corrected chi connectivity index (χ3v) is 5.66. The molecule has 0 aliphatic carbocycles. The molecule has 1 fully saturated rings. The van der Waals surface area contributed by atoms with Crippen LogP contribution in [0.4, 0.5) is 9.18 Å². The number of amides is 1. The third kappa shape index (κ3) is 6.93. The van der Waals surface area contributed by atoms with E-state index in [4.69, 9.17) is 18.8 Å². The van der Waals surface area contributed by atoms with E-state index in [9.17, 15) is 9.18 Å². The highest BCUT2D eigenvalue weighted by Crippen LogP contribution is 2.36. The second-order valence-corrected chi connectivity index (χ2v) is 11.8. The molecule has 0 aromatic heterocycles. The number of carbonyl (C=O) groups is 1. The molecule has 1 aromatic rings. The average Bonchev–Trinajstić information content (AvgIpc) is 2.82. The van der Waals surface area contributed by atoms with E-state index in [0.29, 0.717) is 17.6 Å². The predicted molar refractivity (Wildman–Crippen MR) is 124 cm³/mol. The van der Waals surface area contributed by atoms with Crippen molar-refractivity contribution in [1.82, 2.24) is 5.32 Å². The van der Waals surface area contributed by atoms with Crippen molar-refractivity contribution >= 4 is 18.7 Å². The quantitative estimate of drug-likeness (QED) is 0.498. The second-order valence-electron chi connectivity index (χ2n) is 11.8. The zero-order valence-electron chi connectivity index (χ0n) is 21.2. The smallest absolute Gasteiger partial charge is 0.445 e. The van der Waals surface area contributed by atoms with E-state index in [1.807, 2.05) is 48.5 Å². The molecule has 1 aliphatic heterocycles. The number of halogens is 1. The van der Waals surface area contributed by atoms with Crippen LogP contribution in [0, 0.1) is 16.6 Å². The van der Waals surface area contributed by atoms with Gasteiger partial charge in [-0.1, -0.05) is 53.7 Å². The first-order valence-electron chi connectivity index (χ1n) is 11.1. The van der Waals surface area contributed by atoms with Crippen LogP contribution in [0.15, 0.2) is 18.2 Å². The Morgan fingerprint density at radius 1 is 1.09 bits per heavy atom. The summed E-state index contributed by atoms with van der Waals surface area (Å²) in [6.45, 7) is 20.2. The molecular formula is C24H39BFNO5. The Morgan fingerprint density at radius 2 is 1.66 bits per heavy atom. The fourth-order valence-electron chi connectivity index (χ4n) is 2.96. The van der Waals surface area contributed by atoms with E-state index in [-0.39, 0.29) is 17.4 Å². The van der Waals surface area contributed by atoms with Gasteiger partial charge in [-0.3, -0.25) is 5.32 Å². The van der Waals surface area contributed by atoms with Crippen molar-refractivity contribution in [3.05, 3.63) is 29.6 Å². The van der Waals surface area contributed by atoms with Crippen LogP contribution in [0.3, 0.4) is 0 Å². The van der Waals surface area contributed by atoms with Crippen LogP contribution in [0.25, 0.3) is 0 Å². The van der Waals surface area contributed by atoms with Gasteiger partial charge in [0.2, 0.25) is 0 Å². The SMILES string of the molecule is CC(C)(C)COC(NC(=O)OCc1ccc(B2OC(C)(C)C(C)(C)O2)c(F)c1)C(C)(C)C. The van der Waals surface area contributed by atoms with Gasteiger partial charge in [0.25, 0.3) is 0 Å². The largest absolute Gasteiger partial charge is 0.497 e.